The van der Waals surface area contributed by atoms with Crippen molar-refractivity contribution < 1.29 is 9.53 Å². The molecule has 0 aromatic heterocycles. The summed E-state index contributed by atoms with van der Waals surface area (Å²) in [5, 5.41) is 3.16. The summed E-state index contributed by atoms with van der Waals surface area (Å²) in [6, 6.07) is 0.378. The van der Waals surface area contributed by atoms with Crippen LogP contribution in [0.3, 0.4) is 0 Å². The molecule has 5 heteroatoms. The molecule has 0 radical (unpaired) electrons. The van der Waals surface area contributed by atoms with Gasteiger partial charge in [0.25, 0.3) is 5.91 Å². The largest absolute Gasteiger partial charge is 0.368 e. The van der Waals surface area contributed by atoms with E-state index in [0.29, 0.717) is 6.04 Å². The minimum Gasteiger partial charge on any atom is -0.368 e. The van der Waals surface area contributed by atoms with Gasteiger partial charge in [0.1, 0.15) is 6.10 Å². The van der Waals surface area contributed by atoms with E-state index in [1.807, 2.05) is 11.9 Å². The zero-order chi connectivity index (χ0) is 11.4. The molecule has 2 atom stereocenters. The molecule has 2 saturated heterocycles. The van der Waals surface area contributed by atoms with Crippen molar-refractivity contribution in [3.05, 3.63) is 0 Å². The number of hydrogen-bond donors (Lipinski definition) is 1. The van der Waals surface area contributed by atoms with Crippen molar-refractivity contribution >= 4 is 18.3 Å². The lowest BCUT2D eigenvalue weighted by Gasteiger charge is -2.30. The summed E-state index contributed by atoms with van der Waals surface area (Å²) in [5.41, 5.74) is 0. The summed E-state index contributed by atoms with van der Waals surface area (Å²) < 4.78 is 5.57. The number of ether oxygens (including phenoxy) is 1. The Labute approximate surface area is 109 Å². The topological polar surface area (TPSA) is 41.6 Å². The van der Waals surface area contributed by atoms with Crippen molar-refractivity contribution in [1.82, 2.24) is 10.2 Å². The first-order valence-electron chi connectivity index (χ1n) is 6.39. The van der Waals surface area contributed by atoms with E-state index in [1.54, 1.807) is 0 Å². The van der Waals surface area contributed by atoms with Crippen LogP contribution >= 0.6 is 12.4 Å². The number of carbonyl (C=O) groups is 1. The minimum absolute atomic E-state index is 0. The first-order chi connectivity index (χ1) is 7.83. The monoisotopic (exact) mass is 262 g/mol. The van der Waals surface area contributed by atoms with Gasteiger partial charge in [-0.1, -0.05) is 0 Å². The quantitative estimate of drug-likeness (QED) is 0.831. The van der Waals surface area contributed by atoms with Gasteiger partial charge in [0.05, 0.1) is 0 Å². The number of hydrogen-bond acceptors (Lipinski definition) is 3. The van der Waals surface area contributed by atoms with E-state index >= 15 is 0 Å². The van der Waals surface area contributed by atoms with E-state index in [-0.39, 0.29) is 24.4 Å². The molecule has 2 aliphatic heterocycles. The maximum absolute atomic E-state index is 12.3. The number of rotatable bonds is 3. The molecule has 1 N–H and O–H groups in total. The predicted molar refractivity (Wildman–Crippen MR) is 69.5 cm³/mol. The van der Waals surface area contributed by atoms with Crippen molar-refractivity contribution in [3.8, 4) is 0 Å². The summed E-state index contributed by atoms with van der Waals surface area (Å²) in [7, 11) is 1.94. The lowest BCUT2D eigenvalue weighted by Crippen LogP contribution is -2.47. The molecule has 0 aromatic rings. The van der Waals surface area contributed by atoms with Crippen LogP contribution in [0.4, 0.5) is 0 Å². The van der Waals surface area contributed by atoms with Gasteiger partial charge < -0.3 is 15.0 Å². The fraction of sp³-hybridized carbons (Fsp3) is 0.917. The molecule has 0 aromatic carbocycles. The molecule has 4 nitrogen and oxygen atoms in total. The zero-order valence-electron chi connectivity index (χ0n) is 10.5. The maximum atomic E-state index is 12.3. The molecule has 0 saturated carbocycles. The van der Waals surface area contributed by atoms with Gasteiger partial charge in [-0.3, -0.25) is 4.79 Å². The average Bonchev–Trinajstić information content (AvgIpc) is 2.78. The summed E-state index contributed by atoms with van der Waals surface area (Å²) in [6.45, 7) is 2.56. The number of likely N-dealkylation sites (tertiary alicyclic amines) is 1. The van der Waals surface area contributed by atoms with E-state index in [9.17, 15) is 4.79 Å². The van der Waals surface area contributed by atoms with Gasteiger partial charge in [-0.2, -0.15) is 0 Å². The number of halogens is 1. The van der Waals surface area contributed by atoms with Crippen molar-refractivity contribution in [2.45, 2.75) is 44.2 Å². The van der Waals surface area contributed by atoms with E-state index in [0.717, 1.165) is 51.8 Å². The van der Waals surface area contributed by atoms with Crippen LogP contribution in [0.5, 0.6) is 0 Å². The summed E-state index contributed by atoms with van der Waals surface area (Å²) in [5.74, 6) is 0.220. The first-order valence-corrected chi connectivity index (χ1v) is 6.39. The van der Waals surface area contributed by atoms with Crippen LogP contribution in [0.1, 0.15) is 32.1 Å². The van der Waals surface area contributed by atoms with Crippen LogP contribution in [0.2, 0.25) is 0 Å². The van der Waals surface area contributed by atoms with Gasteiger partial charge in [-0.05, 0) is 39.2 Å². The number of nitrogens with one attached hydrogen (secondary N) is 1. The Hall–Kier alpha value is -0.320. The van der Waals surface area contributed by atoms with E-state index in [4.69, 9.17) is 4.74 Å². The number of carbonyl (C=O) groups excluding carboxylic acids is 1. The molecule has 0 bridgehead atoms. The summed E-state index contributed by atoms with van der Waals surface area (Å²) in [6.07, 6.45) is 5.22. The molecule has 0 aliphatic carbocycles. The van der Waals surface area contributed by atoms with Crippen molar-refractivity contribution in [1.29, 1.82) is 0 Å². The smallest absolute Gasteiger partial charge is 0.251 e. The highest BCUT2D eigenvalue weighted by Crippen LogP contribution is 2.22. The third-order valence-electron chi connectivity index (χ3n) is 3.56. The number of likely N-dealkylation sites (N-methyl/N-ethyl adjacent to an activating group) is 1. The van der Waals surface area contributed by atoms with Crippen molar-refractivity contribution in [3.63, 3.8) is 0 Å². The molecule has 2 rings (SSSR count). The maximum Gasteiger partial charge on any atom is 0.251 e. The lowest BCUT2D eigenvalue weighted by molar-refractivity contribution is -0.147. The standard InChI is InChI=1S/C12H22N2O2.ClH/c1-13-9-10-5-4-7-14(10)12(15)11-6-2-3-8-16-11;/h10-11,13H,2-9H2,1H3;1H. The predicted octanol–water partition coefficient (Wildman–Crippen LogP) is 1.19. The fourth-order valence-corrected chi connectivity index (χ4v) is 2.69. The first kappa shape index (κ1) is 14.7. The Morgan fingerprint density at radius 2 is 2.18 bits per heavy atom. The van der Waals surface area contributed by atoms with Crippen molar-refractivity contribution in [2.75, 3.05) is 26.7 Å². The highest BCUT2D eigenvalue weighted by Gasteiger charge is 2.33. The van der Waals surface area contributed by atoms with Gasteiger partial charge in [0.15, 0.2) is 0 Å². The van der Waals surface area contributed by atoms with E-state index < -0.39 is 0 Å². The van der Waals surface area contributed by atoms with Crippen LogP contribution in [0, 0.1) is 0 Å². The molecule has 0 spiro atoms. The Morgan fingerprint density at radius 1 is 1.35 bits per heavy atom. The molecular formula is C12H23ClN2O2. The summed E-state index contributed by atoms with van der Waals surface area (Å²) in [4.78, 5) is 14.3. The van der Waals surface area contributed by atoms with Crippen LogP contribution < -0.4 is 5.32 Å². The Balaban J connectivity index is 0.00000144. The molecule has 100 valence electrons. The van der Waals surface area contributed by atoms with Gasteiger partial charge in [-0.15, -0.1) is 12.4 Å². The highest BCUT2D eigenvalue weighted by atomic mass is 35.5. The highest BCUT2D eigenvalue weighted by molar-refractivity contribution is 5.85. The second-order valence-corrected chi connectivity index (χ2v) is 4.74. The number of nitrogens with zero attached hydrogens (tertiary/aromatic N) is 1. The second-order valence-electron chi connectivity index (χ2n) is 4.74. The number of amides is 1. The Kier molecular flexibility index (Phi) is 6.23. The van der Waals surface area contributed by atoms with Crippen LogP contribution in [0.25, 0.3) is 0 Å². The van der Waals surface area contributed by atoms with Crippen LogP contribution in [0.15, 0.2) is 0 Å². The Morgan fingerprint density at radius 3 is 2.82 bits per heavy atom. The zero-order valence-corrected chi connectivity index (χ0v) is 11.3. The van der Waals surface area contributed by atoms with Gasteiger partial charge in [0.2, 0.25) is 0 Å². The van der Waals surface area contributed by atoms with Gasteiger partial charge in [0, 0.05) is 25.7 Å². The molecular weight excluding hydrogens is 240 g/mol. The third kappa shape index (κ3) is 3.57. The molecule has 17 heavy (non-hydrogen) atoms. The van der Waals surface area contributed by atoms with Crippen LogP contribution in [-0.2, 0) is 9.53 Å². The fourth-order valence-electron chi connectivity index (χ4n) is 2.69. The summed E-state index contributed by atoms with van der Waals surface area (Å²) >= 11 is 0. The lowest BCUT2D eigenvalue weighted by atomic mass is 10.1. The van der Waals surface area contributed by atoms with Crippen molar-refractivity contribution in [2.24, 2.45) is 0 Å². The minimum atomic E-state index is -0.161. The van der Waals surface area contributed by atoms with Crippen LogP contribution in [-0.4, -0.2) is 49.7 Å². The molecule has 2 aliphatic rings. The van der Waals surface area contributed by atoms with E-state index in [1.165, 1.54) is 0 Å². The molecule has 2 unspecified atom stereocenters. The molecule has 2 fully saturated rings. The third-order valence-corrected chi connectivity index (χ3v) is 3.56. The molecule has 2 heterocycles. The molecule has 1 amide bonds. The Bertz CT molecular complexity index is 245. The SMILES string of the molecule is CNCC1CCCN1C(=O)C1CCCCO1.Cl. The average molecular weight is 263 g/mol. The van der Waals surface area contributed by atoms with Gasteiger partial charge in [-0.25, -0.2) is 0 Å². The van der Waals surface area contributed by atoms with Gasteiger partial charge >= 0.3 is 0 Å². The second kappa shape index (κ2) is 7.19. The normalized spacial score (nSPS) is 28.9. The van der Waals surface area contributed by atoms with E-state index in [2.05, 4.69) is 5.32 Å².